The number of thiophene rings is 1. The second-order valence-electron chi connectivity index (χ2n) is 4.69. The smallest absolute Gasteiger partial charge is 0.0704 e. The molecular formula is C16H20BrNS2. The highest BCUT2D eigenvalue weighted by molar-refractivity contribution is 9.11. The average Bonchev–Trinajstić information content (AvgIpc) is 2.79. The predicted octanol–water partition coefficient (Wildman–Crippen LogP) is 5.63. The van der Waals surface area contributed by atoms with E-state index >= 15 is 0 Å². The molecule has 1 N–H and O–H groups in total. The SMILES string of the molecule is CCCNC(c1ccccc1SC)c1cc(Br)sc1C. The highest BCUT2D eigenvalue weighted by Gasteiger charge is 2.20. The molecule has 0 aliphatic heterocycles. The molecule has 0 spiro atoms. The summed E-state index contributed by atoms with van der Waals surface area (Å²) in [5.41, 5.74) is 2.76. The molecule has 1 heterocycles. The maximum absolute atomic E-state index is 3.70. The summed E-state index contributed by atoms with van der Waals surface area (Å²) in [6, 6.07) is 11.2. The van der Waals surface area contributed by atoms with Crippen LogP contribution in [0.3, 0.4) is 0 Å². The number of aryl methyl sites for hydroxylation is 1. The van der Waals surface area contributed by atoms with Gasteiger partial charge in [0.2, 0.25) is 0 Å². The summed E-state index contributed by atoms with van der Waals surface area (Å²) in [4.78, 5) is 2.73. The van der Waals surface area contributed by atoms with Crippen molar-refractivity contribution in [3.05, 3.63) is 50.1 Å². The molecule has 0 fully saturated rings. The summed E-state index contributed by atoms with van der Waals surface area (Å²) in [5.74, 6) is 0. The molecule has 2 rings (SSSR count). The normalized spacial score (nSPS) is 12.6. The zero-order valence-electron chi connectivity index (χ0n) is 12.1. The Bertz CT molecular complexity index is 565. The van der Waals surface area contributed by atoms with Crippen LogP contribution in [-0.2, 0) is 0 Å². The second kappa shape index (κ2) is 7.64. The van der Waals surface area contributed by atoms with Gasteiger partial charge >= 0.3 is 0 Å². The van der Waals surface area contributed by atoms with Gasteiger partial charge in [0.25, 0.3) is 0 Å². The van der Waals surface area contributed by atoms with Crippen molar-refractivity contribution in [1.82, 2.24) is 5.32 Å². The monoisotopic (exact) mass is 369 g/mol. The van der Waals surface area contributed by atoms with Gasteiger partial charge in [0.1, 0.15) is 0 Å². The van der Waals surface area contributed by atoms with Gasteiger partial charge < -0.3 is 5.32 Å². The van der Waals surface area contributed by atoms with Gasteiger partial charge in [-0.2, -0.15) is 0 Å². The predicted molar refractivity (Wildman–Crippen MR) is 95.1 cm³/mol. The number of hydrogen-bond acceptors (Lipinski definition) is 3. The van der Waals surface area contributed by atoms with E-state index in [0.717, 1.165) is 13.0 Å². The van der Waals surface area contributed by atoms with Gasteiger partial charge in [-0.3, -0.25) is 0 Å². The van der Waals surface area contributed by atoms with Gasteiger partial charge in [-0.25, -0.2) is 0 Å². The Morgan fingerprint density at radius 1 is 1.30 bits per heavy atom. The average molecular weight is 370 g/mol. The van der Waals surface area contributed by atoms with E-state index in [1.54, 1.807) is 0 Å². The summed E-state index contributed by atoms with van der Waals surface area (Å²) < 4.78 is 1.20. The molecule has 0 amide bonds. The van der Waals surface area contributed by atoms with Gasteiger partial charge in [0, 0.05) is 9.77 Å². The first kappa shape index (κ1) is 16.1. The first-order valence-corrected chi connectivity index (χ1v) is 9.63. The standard InChI is InChI=1S/C16H20BrNS2/c1-4-9-18-16(13-10-15(17)20-11(13)2)12-7-5-6-8-14(12)19-3/h5-8,10,16,18H,4,9H2,1-3H3. The quantitative estimate of drug-likeness (QED) is 0.662. The molecule has 1 atom stereocenters. The number of halogens is 1. The molecule has 0 radical (unpaired) electrons. The highest BCUT2D eigenvalue weighted by atomic mass is 79.9. The van der Waals surface area contributed by atoms with Crippen LogP contribution >= 0.6 is 39.0 Å². The first-order valence-electron chi connectivity index (χ1n) is 6.79. The van der Waals surface area contributed by atoms with Crippen molar-refractivity contribution in [3.8, 4) is 0 Å². The Morgan fingerprint density at radius 3 is 2.65 bits per heavy atom. The summed E-state index contributed by atoms with van der Waals surface area (Å²) in [7, 11) is 0. The van der Waals surface area contributed by atoms with Crippen LogP contribution in [0, 0.1) is 6.92 Å². The Hall–Kier alpha value is -0.290. The van der Waals surface area contributed by atoms with Crippen LogP contribution in [0.5, 0.6) is 0 Å². The summed E-state index contributed by atoms with van der Waals surface area (Å²) >= 11 is 7.24. The van der Waals surface area contributed by atoms with E-state index in [9.17, 15) is 0 Å². The summed E-state index contributed by atoms with van der Waals surface area (Å²) in [5, 5.41) is 3.70. The Labute approximate surface area is 138 Å². The van der Waals surface area contributed by atoms with Crippen molar-refractivity contribution < 1.29 is 0 Å². The van der Waals surface area contributed by atoms with E-state index in [-0.39, 0.29) is 6.04 Å². The zero-order valence-corrected chi connectivity index (χ0v) is 15.3. The minimum atomic E-state index is 0.279. The lowest BCUT2D eigenvalue weighted by molar-refractivity contribution is 0.591. The lowest BCUT2D eigenvalue weighted by atomic mass is 9.99. The maximum Gasteiger partial charge on any atom is 0.0704 e. The van der Waals surface area contributed by atoms with Crippen molar-refractivity contribution in [1.29, 1.82) is 0 Å². The van der Waals surface area contributed by atoms with Crippen LogP contribution < -0.4 is 5.32 Å². The lowest BCUT2D eigenvalue weighted by Gasteiger charge is -2.21. The minimum Gasteiger partial charge on any atom is -0.306 e. The van der Waals surface area contributed by atoms with Crippen LogP contribution in [0.2, 0.25) is 0 Å². The topological polar surface area (TPSA) is 12.0 Å². The van der Waals surface area contributed by atoms with Gasteiger partial charge in [-0.15, -0.1) is 23.1 Å². The molecule has 20 heavy (non-hydrogen) atoms. The van der Waals surface area contributed by atoms with Gasteiger partial charge in [-0.1, -0.05) is 25.1 Å². The van der Waals surface area contributed by atoms with Crippen molar-refractivity contribution >= 4 is 39.0 Å². The van der Waals surface area contributed by atoms with Gasteiger partial charge in [0.15, 0.2) is 0 Å². The van der Waals surface area contributed by atoms with Crippen LogP contribution in [0.4, 0.5) is 0 Å². The fraction of sp³-hybridized carbons (Fsp3) is 0.375. The van der Waals surface area contributed by atoms with Crippen LogP contribution in [0.15, 0.2) is 39.0 Å². The number of rotatable bonds is 6. The molecule has 2 aromatic rings. The fourth-order valence-electron chi connectivity index (χ4n) is 2.33. The van der Waals surface area contributed by atoms with Crippen molar-refractivity contribution in [2.45, 2.75) is 31.2 Å². The van der Waals surface area contributed by atoms with Gasteiger partial charge in [0.05, 0.1) is 9.83 Å². The molecular weight excluding hydrogens is 350 g/mol. The van der Waals surface area contributed by atoms with Crippen LogP contribution in [0.1, 0.15) is 35.4 Å². The maximum atomic E-state index is 3.70. The van der Waals surface area contributed by atoms with E-state index in [1.807, 2.05) is 23.1 Å². The number of nitrogens with one attached hydrogen (secondary N) is 1. The van der Waals surface area contributed by atoms with Crippen molar-refractivity contribution in [3.63, 3.8) is 0 Å². The molecule has 1 unspecified atom stereocenters. The fourth-order valence-corrected chi connectivity index (χ4v) is 4.71. The second-order valence-corrected chi connectivity index (χ2v) is 8.17. The molecule has 0 saturated heterocycles. The summed E-state index contributed by atoms with van der Waals surface area (Å²) in [6.07, 6.45) is 3.29. The van der Waals surface area contributed by atoms with E-state index < -0.39 is 0 Å². The molecule has 108 valence electrons. The molecule has 0 aliphatic rings. The third-order valence-corrected chi connectivity index (χ3v) is 5.67. The third-order valence-electron chi connectivity index (χ3n) is 3.29. The molecule has 0 aliphatic carbocycles. The van der Waals surface area contributed by atoms with Crippen LogP contribution in [0.25, 0.3) is 0 Å². The zero-order chi connectivity index (χ0) is 14.5. The Kier molecular flexibility index (Phi) is 6.15. The minimum absolute atomic E-state index is 0.279. The molecule has 0 saturated carbocycles. The summed E-state index contributed by atoms with van der Waals surface area (Å²) in [6.45, 7) is 5.44. The van der Waals surface area contributed by atoms with Crippen molar-refractivity contribution in [2.75, 3.05) is 12.8 Å². The lowest BCUT2D eigenvalue weighted by Crippen LogP contribution is -2.23. The molecule has 4 heteroatoms. The molecule has 1 aromatic heterocycles. The number of thioether (sulfide) groups is 1. The van der Waals surface area contributed by atoms with Crippen molar-refractivity contribution in [2.24, 2.45) is 0 Å². The molecule has 1 aromatic carbocycles. The number of benzene rings is 1. The Morgan fingerprint density at radius 2 is 2.05 bits per heavy atom. The largest absolute Gasteiger partial charge is 0.306 e. The Balaban J connectivity index is 2.44. The van der Waals surface area contributed by atoms with E-state index in [4.69, 9.17) is 0 Å². The van der Waals surface area contributed by atoms with E-state index in [2.05, 4.69) is 71.7 Å². The first-order chi connectivity index (χ1) is 9.67. The number of hydrogen-bond donors (Lipinski definition) is 1. The van der Waals surface area contributed by atoms with Gasteiger partial charge in [-0.05, 0) is 65.3 Å². The van der Waals surface area contributed by atoms with E-state index in [1.165, 1.54) is 24.7 Å². The molecule has 0 bridgehead atoms. The van der Waals surface area contributed by atoms with Crippen LogP contribution in [-0.4, -0.2) is 12.8 Å². The van der Waals surface area contributed by atoms with E-state index in [0.29, 0.717) is 0 Å². The third kappa shape index (κ3) is 3.67. The molecule has 1 nitrogen and oxygen atoms in total. The highest BCUT2D eigenvalue weighted by Crippen LogP contribution is 2.36.